The first-order valence-corrected chi connectivity index (χ1v) is 17.2. The highest BCUT2D eigenvalue weighted by Gasteiger charge is 2.25. The summed E-state index contributed by atoms with van der Waals surface area (Å²) in [4.78, 5) is 10.3. The van der Waals surface area contributed by atoms with Crippen LogP contribution in [0.4, 0.5) is 0 Å². The monoisotopic (exact) mass is 635 g/mol. The van der Waals surface area contributed by atoms with Crippen molar-refractivity contribution in [2.75, 3.05) is 0 Å². The third kappa shape index (κ3) is 6.17. The van der Waals surface area contributed by atoms with Gasteiger partial charge in [-0.3, -0.25) is 9.55 Å². The molecule has 0 amide bonds. The van der Waals surface area contributed by atoms with Crippen molar-refractivity contribution in [2.45, 2.75) is 91.9 Å². The standard InChI is InChI=1S/C44H49N3O/c1-27(2)33-16-13-17-34(28(3)4)41(33)47-38-19-14-18-35(40(38)46-42(47)36-15-11-12-20-39(36)48)29-23-30(25-32(24-29)44(8,9)10)37-26-31(21-22-45-37)43(5,6)7/h11-28,48H,1-10H3. The van der Waals surface area contributed by atoms with Gasteiger partial charge >= 0.3 is 0 Å². The summed E-state index contributed by atoms with van der Waals surface area (Å²) in [6, 6.07) is 31.9. The van der Waals surface area contributed by atoms with E-state index >= 15 is 0 Å². The molecule has 0 fully saturated rings. The number of aromatic hydroxyl groups is 1. The molecular formula is C44H49N3O. The van der Waals surface area contributed by atoms with Gasteiger partial charge in [0.25, 0.3) is 0 Å². The molecule has 0 spiro atoms. The second-order valence-electron chi connectivity index (χ2n) is 15.8. The number of rotatable bonds is 6. The summed E-state index contributed by atoms with van der Waals surface area (Å²) in [6.07, 6.45) is 1.93. The Morgan fingerprint density at radius 2 is 1.23 bits per heavy atom. The van der Waals surface area contributed by atoms with Crippen LogP contribution < -0.4 is 0 Å². The van der Waals surface area contributed by atoms with Gasteiger partial charge in [0.1, 0.15) is 11.6 Å². The van der Waals surface area contributed by atoms with Crippen molar-refractivity contribution in [2.24, 2.45) is 0 Å². The molecule has 0 aliphatic heterocycles. The van der Waals surface area contributed by atoms with Gasteiger partial charge in [0.2, 0.25) is 0 Å². The molecule has 0 unspecified atom stereocenters. The number of hydrogen-bond donors (Lipinski definition) is 1. The predicted octanol–water partition coefficient (Wildman–Crippen LogP) is 12.0. The predicted molar refractivity (Wildman–Crippen MR) is 202 cm³/mol. The number of imidazole rings is 1. The highest BCUT2D eigenvalue weighted by molar-refractivity contribution is 5.97. The van der Waals surface area contributed by atoms with Gasteiger partial charge in [0, 0.05) is 17.3 Å². The molecule has 0 atom stereocenters. The Balaban J connectivity index is 1.70. The molecule has 2 aromatic heterocycles. The van der Waals surface area contributed by atoms with Crippen LogP contribution in [0.1, 0.15) is 103 Å². The number of phenolic OH excluding ortho intramolecular Hbond substituents is 1. The van der Waals surface area contributed by atoms with E-state index in [-0.39, 0.29) is 16.6 Å². The minimum absolute atomic E-state index is 0.0150. The number of fused-ring (bicyclic) bond motifs is 1. The van der Waals surface area contributed by atoms with E-state index < -0.39 is 0 Å². The van der Waals surface area contributed by atoms with Gasteiger partial charge in [0.05, 0.1) is 28.0 Å². The molecule has 0 aliphatic rings. The molecule has 2 heterocycles. The van der Waals surface area contributed by atoms with Crippen LogP contribution in [0.15, 0.2) is 97.2 Å². The summed E-state index contributed by atoms with van der Waals surface area (Å²) in [6.45, 7) is 22.5. The normalized spacial score (nSPS) is 12.4. The summed E-state index contributed by atoms with van der Waals surface area (Å²) in [5.74, 6) is 1.53. The van der Waals surface area contributed by atoms with E-state index in [9.17, 15) is 5.11 Å². The fourth-order valence-electron chi connectivity index (χ4n) is 6.59. The van der Waals surface area contributed by atoms with Crippen molar-refractivity contribution in [3.05, 3.63) is 119 Å². The maximum absolute atomic E-state index is 11.2. The summed E-state index contributed by atoms with van der Waals surface area (Å²) in [5, 5.41) is 11.2. The lowest BCUT2D eigenvalue weighted by Gasteiger charge is -2.23. The first-order chi connectivity index (χ1) is 22.6. The Bertz CT molecular complexity index is 2090. The number of aromatic nitrogens is 3. The summed E-state index contributed by atoms with van der Waals surface area (Å²) < 4.78 is 2.29. The average Bonchev–Trinajstić information content (AvgIpc) is 3.42. The topological polar surface area (TPSA) is 50.9 Å². The first kappa shape index (κ1) is 33.2. The van der Waals surface area contributed by atoms with Gasteiger partial charge in [-0.05, 0) is 92.9 Å². The molecule has 246 valence electrons. The van der Waals surface area contributed by atoms with E-state index in [1.54, 1.807) is 6.07 Å². The minimum atomic E-state index is -0.0803. The number of pyridine rings is 1. The summed E-state index contributed by atoms with van der Waals surface area (Å²) >= 11 is 0. The van der Waals surface area contributed by atoms with Crippen molar-refractivity contribution in [1.29, 1.82) is 0 Å². The molecule has 0 aliphatic carbocycles. The Hall–Kier alpha value is -4.70. The van der Waals surface area contributed by atoms with Crippen molar-refractivity contribution < 1.29 is 5.11 Å². The van der Waals surface area contributed by atoms with E-state index in [0.717, 1.165) is 44.9 Å². The molecule has 0 radical (unpaired) electrons. The van der Waals surface area contributed by atoms with Crippen LogP contribution in [0, 0.1) is 0 Å². The second kappa shape index (κ2) is 12.4. The fourth-order valence-corrected chi connectivity index (χ4v) is 6.59. The molecular weight excluding hydrogens is 587 g/mol. The molecule has 48 heavy (non-hydrogen) atoms. The number of hydrogen-bond acceptors (Lipinski definition) is 3. The van der Waals surface area contributed by atoms with Gasteiger partial charge in [-0.2, -0.15) is 0 Å². The Morgan fingerprint density at radius 3 is 1.85 bits per heavy atom. The number of nitrogens with zero attached hydrogens (tertiary/aromatic N) is 3. The molecule has 1 N–H and O–H groups in total. The van der Waals surface area contributed by atoms with E-state index in [1.807, 2.05) is 24.4 Å². The molecule has 4 aromatic carbocycles. The third-order valence-corrected chi connectivity index (χ3v) is 9.43. The summed E-state index contributed by atoms with van der Waals surface area (Å²) in [7, 11) is 0. The van der Waals surface area contributed by atoms with Gasteiger partial charge in [-0.1, -0.05) is 118 Å². The lowest BCUT2D eigenvalue weighted by atomic mass is 9.83. The zero-order valence-electron chi connectivity index (χ0n) is 30.2. The maximum atomic E-state index is 11.2. The maximum Gasteiger partial charge on any atom is 0.149 e. The highest BCUT2D eigenvalue weighted by Crippen LogP contribution is 2.42. The van der Waals surface area contributed by atoms with Crippen LogP contribution >= 0.6 is 0 Å². The van der Waals surface area contributed by atoms with E-state index in [1.165, 1.54) is 22.3 Å². The lowest BCUT2D eigenvalue weighted by Crippen LogP contribution is -2.12. The zero-order chi connectivity index (χ0) is 34.5. The lowest BCUT2D eigenvalue weighted by molar-refractivity contribution is 0.477. The van der Waals surface area contributed by atoms with Crippen LogP contribution in [0.2, 0.25) is 0 Å². The fraction of sp³-hybridized carbons (Fsp3) is 0.318. The SMILES string of the molecule is CC(C)c1cccc(C(C)C)c1-n1c(-c2ccccc2O)nc2c(-c3cc(-c4cc(C(C)(C)C)ccn4)cc(C(C)(C)C)c3)cccc21. The average molecular weight is 636 g/mol. The summed E-state index contributed by atoms with van der Waals surface area (Å²) in [5.41, 5.74) is 12.9. The number of para-hydroxylation sites is 3. The van der Waals surface area contributed by atoms with Crippen molar-refractivity contribution in [3.8, 4) is 45.2 Å². The van der Waals surface area contributed by atoms with Crippen LogP contribution in [0.25, 0.3) is 50.5 Å². The molecule has 0 saturated carbocycles. The molecule has 4 nitrogen and oxygen atoms in total. The van der Waals surface area contributed by atoms with Crippen LogP contribution in [0.5, 0.6) is 5.75 Å². The zero-order valence-corrected chi connectivity index (χ0v) is 30.2. The second-order valence-corrected chi connectivity index (χ2v) is 15.8. The van der Waals surface area contributed by atoms with Gasteiger partial charge < -0.3 is 5.11 Å². The first-order valence-electron chi connectivity index (χ1n) is 17.2. The molecule has 4 heteroatoms. The number of phenols is 1. The third-order valence-electron chi connectivity index (χ3n) is 9.43. The Kier molecular flexibility index (Phi) is 8.57. The van der Waals surface area contributed by atoms with E-state index in [0.29, 0.717) is 17.4 Å². The smallest absolute Gasteiger partial charge is 0.149 e. The molecule has 0 saturated heterocycles. The molecule has 0 bridgehead atoms. The molecule has 6 rings (SSSR count). The van der Waals surface area contributed by atoms with Gasteiger partial charge in [-0.25, -0.2) is 4.98 Å². The van der Waals surface area contributed by atoms with Gasteiger partial charge in [-0.15, -0.1) is 0 Å². The van der Waals surface area contributed by atoms with Crippen molar-refractivity contribution >= 4 is 11.0 Å². The quantitative estimate of drug-likeness (QED) is 0.198. The minimum Gasteiger partial charge on any atom is -0.507 e. The van der Waals surface area contributed by atoms with E-state index in [4.69, 9.17) is 9.97 Å². The van der Waals surface area contributed by atoms with Crippen LogP contribution in [-0.2, 0) is 10.8 Å². The van der Waals surface area contributed by atoms with Gasteiger partial charge in [0.15, 0.2) is 0 Å². The van der Waals surface area contributed by atoms with Crippen LogP contribution in [0.3, 0.4) is 0 Å². The van der Waals surface area contributed by atoms with E-state index in [2.05, 4.69) is 141 Å². The Morgan fingerprint density at radius 1 is 0.625 bits per heavy atom. The van der Waals surface area contributed by atoms with Crippen molar-refractivity contribution in [3.63, 3.8) is 0 Å². The largest absolute Gasteiger partial charge is 0.507 e. The van der Waals surface area contributed by atoms with Crippen LogP contribution in [-0.4, -0.2) is 19.6 Å². The highest BCUT2D eigenvalue weighted by atomic mass is 16.3. The Labute approximate surface area is 286 Å². The number of benzene rings is 4. The molecule has 6 aromatic rings. The van der Waals surface area contributed by atoms with Crippen molar-refractivity contribution in [1.82, 2.24) is 14.5 Å².